The molecular weight excluding hydrogens is 410 g/mol. The lowest BCUT2D eigenvalue weighted by molar-refractivity contribution is -0.139. The van der Waals surface area contributed by atoms with E-state index in [0.29, 0.717) is 14.9 Å². The SMILES string of the molecule is O=C(N[C@H](C(=O)O)c1ccccc1)c1cc(Br)sc1Br. The first kappa shape index (κ1) is 15.2. The van der Waals surface area contributed by atoms with Crippen LogP contribution >= 0.6 is 43.2 Å². The van der Waals surface area contributed by atoms with E-state index in [1.807, 2.05) is 0 Å². The summed E-state index contributed by atoms with van der Waals surface area (Å²) >= 11 is 7.92. The Labute approximate surface area is 136 Å². The fraction of sp³-hybridized carbons (Fsp3) is 0.0769. The average molecular weight is 419 g/mol. The first-order valence-corrected chi connectivity index (χ1v) is 7.92. The van der Waals surface area contributed by atoms with Crippen LogP contribution < -0.4 is 5.32 Å². The van der Waals surface area contributed by atoms with Gasteiger partial charge in [0.2, 0.25) is 0 Å². The Hall–Kier alpha value is -1.18. The molecule has 1 heterocycles. The smallest absolute Gasteiger partial charge is 0.330 e. The maximum absolute atomic E-state index is 12.1. The summed E-state index contributed by atoms with van der Waals surface area (Å²) < 4.78 is 1.44. The number of aliphatic carboxylic acids is 1. The molecule has 1 atom stereocenters. The predicted octanol–water partition coefficient (Wildman–Crippen LogP) is 3.83. The zero-order chi connectivity index (χ0) is 14.7. The van der Waals surface area contributed by atoms with Crippen LogP contribution in [0.25, 0.3) is 0 Å². The van der Waals surface area contributed by atoms with E-state index in [1.54, 1.807) is 36.4 Å². The Bertz CT molecular complexity index is 642. The van der Waals surface area contributed by atoms with E-state index in [0.717, 1.165) is 3.79 Å². The topological polar surface area (TPSA) is 66.4 Å². The van der Waals surface area contributed by atoms with Gasteiger partial charge in [0.15, 0.2) is 6.04 Å². The second-order valence-electron chi connectivity index (χ2n) is 3.89. The van der Waals surface area contributed by atoms with Gasteiger partial charge in [-0.25, -0.2) is 4.79 Å². The van der Waals surface area contributed by atoms with Crippen molar-refractivity contribution >= 4 is 55.1 Å². The van der Waals surface area contributed by atoms with Crippen LogP contribution in [-0.2, 0) is 4.79 Å². The zero-order valence-corrected chi connectivity index (χ0v) is 14.0. The predicted molar refractivity (Wildman–Crippen MR) is 84.0 cm³/mol. The quantitative estimate of drug-likeness (QED) is 0.792. The monoisotopic (exact) mass is 417 g/mol. The zero-order valence-electron chi connectivity index (χ0n) is 9.97. The molecule has 0 aliphatic carbocycles. The van der Waals surface area contributed by atoms with Crippen molar-refractivity contribution in [3.8, 4) is 0 Å². The Morgan fingerprint density at radius 2 is 1.85 bits per heavy atom. The lowest BCUT2D eigenvalue weighted by atomic mass is 10.1. The summed E-state index contributed by atoms with van der Waals surface area (Å²) in [5.41, 5.74) is 0.933. The molecule has 7 heteroatoms. The highest BCUT2D eigenvalue weighted by molar-refractivity contribution is 9.12. The number of halogens is 2. The molecule has 0 aliphatic rings. The number of thiophene rings is 1. The second kappa shape index (κ2) is 6.51. The molecule has 0 spiro atoms. The number of carboxylic acids is 1. The van der Waals surface area contributed by atoms with E-state index in [9.17, 15) is 14.7 Å². The molecule has 0 bridgehead atoms. The largest absolute Gasteiger partial charge is 0.479 e. The number of carboxylic acid groups (broad SMARTS) is 1. The van der Waals surface area contributed by atoms with Gasteiger partial charge in [-0.15, -0.1) is 11.3 Å². The minimum atomic E-state index is -1.10. The highest BCUT2D eigenvalue weighted by atomic mass is 79.9. The molecule has 1 aromatic carbocycles. The standard InChI is InChI=1S/C13H9Br2NO3S/c14-9-6-8(11(15)20-9)12(17)16-10(13(18)19)7-4-2-1-3-5-7/h1-6,10H,(H,16,17)(H,18,19)/t10-/m0/s1. The maximum Gasteiger partial charge on any atom is 0.330 e. The van der Waals surface area contributed by atoms with E-state index in [1.165, 1.54) is 11.3 Å². The van der Waals surface area contributed by atoms with Crippen LogP contribution in [0.5, 0.6) is 0 Å². The van der Waals surface area contributed by atoms with Gasteiger partial charge in [0.05, 0.1) is 13.1 Å². The van der Waals surface area contributed by atoms with Gasteiger partial charge >= 0.3 is 5.97 Å². The van der Waals surface area contributed by atoms with Gasteiger partial charge in [0.25, 0.3) is 5.91 Å². The van der Waals surface area contributed by atoms with Crippen LogP contribution in [-0.4, -0.2) is 17.0 Å². The molecule has 0 saturated heterocycles. The molecule has 4 nitrogen and oxygen atoms in total. The van der Waals surface area contributed by atoms with E-state index in [4.69, 9.17) is 0 Å². The molecule has 0 radical (unpaired) electrons. The van der Waals surface area contributed by atoms with Crippen molar-refractivity contribution in [2.24, 2.45) is 0 Å². The summed E-state index contributed by atoms with van der Waals surface area (Å²) in [6, 6.07) is 9.15. The number of rotatable bonds is 4. The number of nitrogens with one attached hydrogen (secondary N) is 1. The van der Waals surface area contributed by atoms with Crippen LogP contribution in [0.1, 0.15) is 22.0 Å². The Morgan fingerprint density at radius 1 is 1.20 bits per heavy atom. The van der Waals surface area contributed by atoms with Crippen molar-refractivity contribution in [2.75, 3.05) is 0 Å². The lowest BCUT2D eigenvalue weighted by Gasteiger charge is -2.14. The minimum Gasteiger partial charge on any atom is -0.479 e. The van der Waals surface area contributed by atoms with E-state index >= 15 is 0 Å². The van der Waals surface area contributed by atoms with Crippen molar-refractivity contribution in [3.63, 3.8) is 0 Å². The molecule has 0 unspecified atom stereocenters. The van der Waals surface area contributed by atoms with E-state index < -0.39 is 17.9 Å². The lowest BCUT2D eigenvalue weighted by Crippen LogP contribution is -2.33. The molecule has 20 heavy (non-hydrogen) atoms. The highest BCUT2D eigenvalue weighted by Crippen LogP contribution is 2.32. The van der Waals surface area contributed by atoms with Crippen molar-refractivity contribution in [1.82, 2.24) is 5.32 Å². The molecule has 2 N–H and O–H groups in total. The molecule has 2 rings (SSSR count). The van der Waals surface area contributed by atoms with Crippen molar-refractivity contribution in [2.45, 2.75) is 6.04 Å². The Morgan fingerprint density at radius 3 is 2.35 bits per heavy atom. The van der Waals surface area contributed by atoms with Crippen LogP contribution in [0.2, 0.25) is 0 Å². The Kier molecular flexibility index (Phi) is 4.95. The van der Waals surface area contributed by atoms with E-state index in [2.05, 4.69) is 37.2 Å². The molecule has 0 fully saturated rings. The van der Waals surface area contributed by atoms with Crippen molar-refractivity contribution in [1.29, 1.82) is 0 Å². The highest BCUT2D eigenvalue weighted by Gasteiger charge is 2.24. The molecule has 0 aliphatic heterocycles. The molecule has 2 aromatic rings. The van der Waals surface area contributed by atoms with Crippen LogP contribution in [0.4, 0.5) is 0 Å². The number of amides is 1. The number of carbonyl (C=O) groups excluding carboxylic acids is 1. The summed E-state index contributed by atoms with van der Waals surface area (Å²) in [4.78, 5) is 23.5. The number of hydrogen-bond acceptors (Lipinski definition) is 3. The first-order chi connectivity index (χ1) is 9.49. The molecular formula is C13H9Br2NO3S. The summed E-state index contributed by atoms with van der Waals surface area (Å²) in [7, 11) is 0. The van der Waals surface area contributed by atoms with Gasteiger partial charge in [0, 0.05) is 0 Å². The summed E-state index contributed by atoms with van der Waals surface area (Å²) in [6.07, 6.45) is 0. The van der Waals surface area contributed by atoms with Crippen LogP contribution in [0, 0.1) is 0 Å². The summed E-state index contributed by atoms with van der Waals surface area (Å²) in [6.45, 7) is 0. The van der Waals surface area contributed by atoms with Crippen molar-refractivity contribution in [3.05, 3.63) is 55.1 Å². The van der Waals surface area contributed by atoms with Crippen LogP contribution in [0.3, 0.4) is 0 Å². The fourth-order valence-electron chi connectivity index (χ4n) is 1.64. The normalized spacial score (nSPS) is 11.9. The average Bonchev–Trinajstić information content (AvgIpc) is 2.75. The summed E-state index contributed by atoms with van der Waals surface area (Å²) in [5, 5.41) is 11.8. The fourth-order valence-corrected chi connectivity index (χ4v) is 4.43. The number of benzene rings is 1. The third-order valence-electron chi connectivity index (χ3n) is 2.56. The number of hydrogen-bond donors (Lipinski definition) is 2. The molecule has 1 aromatic heterocycles. The summed E-state index contributed by atoms with van der Waals surface area (Å²) in [5.74, 6) is -1.54. The molecule has 1 amide bonds. The van der Waals surface area contributed by atoms with Crippen molar-refractivity contribution < 1.29 is 14.7 Å². The number of carbonyl (C=O) groups is 2. The molecule has 0 saturated carbocycles. The van der Waals surface area contributed by atoms with Gasteiger partial charge in [-0.05, 0) is 43.5 Å². The second-order valence-corrected chi connectivity index (χ2v) is 7.64. The van der Waals surface area contributed by atoms with Gasteiger partial charge in [-0.2, -0.15) is 0 Å². The van der Waals surface area contributed by atoms with E-state index in [-0.39, 0.29) is 0 Å². The Balaban J connectivity index is 2.23. The van der Waals surface area contributed by atoms with Gasteiger partial charge < -0.3 is 10.4 Å². The first-order valence-electron chi connectivity index (χ1n) is 5.52. The van der Waals surface area contributed by atoms with Gasteiger partial charge in [-0.1, -0.05) is 30.3 Å². The maximum atomic E-state index is 12.1. The minimum absolute atomic E-state index is 0.407. The van der Waals surface area contributed by atoms with Gasteiger partial charge in [-0.3, -0.25) is 4.79 Å². The van der Waals surface area contributed by atoms with Crippen LogP contribution in [0.15, 0.2) is 44.0 Å². The third kappa shape index (κ3) is 3.47. The third-order valence-corrected chi connectivity index (χ3v) is 4.90. The molecule has 104 valence electrons. The van der Waals surface area contributed by atoms with Gasteiger partial charge in [0.1, 0.15) is 0 Å².